The van der Waals surface area contributed by atoms with E-state index in [2.05, 4.69) is 17.1 Å². The van der Waals surface area contributed by atoms with Gasteiger partial charge >= 0.3 is 0 Å². The lowest BCUT2D eigenvalue weighted by atomic mass is 9.99. The summed E-state index contributed by atoms with van der Waals surface area (Å²) in [6, 6.07) is 8.09. The third-order valence-electron chi connectivity index (χ3n) is 5.25. The van der Waals surface area contributed by atoms with Crippen molar-refractivity contribution < 1.29 is 14.4 Å². The number of pyridine rings is 1. The van der Waals surface area contributed by atoms with Crippen LogP contribution in [-0.4, -0.2) is 40.1 Å². The summed E-state index contributed by atoms with van der Waals surface area (Å²) in [5.74, 6) is 2.42. The van der Waals surface area contributed by atoms with Crippen molar-refractivity contribution in [1.29, 1.82) is 0 Å². The Balaban J connectivity index is 1.58. The molecule has 1 N–H and O–H groups in total. The molecule has 3 heterocycles. The average molecular weight is 399 g/mol. The number of ether oxygens (including phenoxy) is 2. The first-order chi connectivity index (χ1) is 13.6. The van der Waals surface area contributed by atoms with Crippen LogP contribution in [0.2, 0.25) is 0 Å². The predicted octanol–water partition coefficient (Wildman–Crippen LogP) is 1.63. The van der Waals surface area contributed by atoms with Gasteiger partial charge in [-0.15, -0.1) is 5.10 Å². The van der Waals surface area contributed by atoms with Crippen molar-refractivity contribution in [1.82, 2.24) is 19.3 Å². The molecule has 0 aliphatic carbocycles. The number of fused-ring (bicyclic) bond motifs is 1. The van der Waals surface area contributed by atoms with Crippen molar-refractivity contribution in [3.63, 3.8) is 0 Å². The highest BCUT2D eigenvalue weighted by Gasteiger charge is 2.23. The van der Waals surface area contributed by atoms with E-state index in [0.717, 1.165) is 53.8 Å². The molecule has 0 saturated carbocycles. The zero-order chi connectivity index (χ0) is 19.7. The van der Waals surface area contributed by atoms with Crippen LogP contribution < -0.4 is 14.4 Å². The van der Waals surface area contributed by atoms with Gasteiger partial charge < -0.3 is 18.9 Å². The Bertz CT molecular complexity index is 1040. The minimum Gasteiger partial charge on any atom is -0.493 e. The van der Waals surface area contributed by atoms with Gasteiger partial charge in [-0.2, -0.15) is 4.68 Å². The monoisotopic (exact) mass is 398 g/mol. The number of nitrogens with one attached hydrogen (secondary N) is 1. The summed E-state index contributed by atoms with van der Waals surface area (Å²) in [6.45, 7) is 2.65. The molecule has 28 heavy (non-hydrogen) atoms. The van der Waals surface area contributed by atoms with Crippen molar-refractivity contribution in [3.8, 4) is 22.9 Å². The Hall–Kier alpha value is -2.71. The van der Waals surface area contributed by atoms with Crippen LogP contribution in [0.3, 0.4) is 0 Å². The van der Waals surface area contributed by atoms with Crippen LogP contribution in [0.25, 0.3) is 11.4 Å². The molecule has 0 spiro atoms. The first kappa shape index (κ1) is 18.6. The first-order valence-corrected chi connectivity index (χ1v) is 9.63. The summed E-state index contributed by atoms with van der Waals surface area (Å²) in [4.78, 5) is 5.49. The molecule has 4 rings (SSSR count). The van der Waals surface area contributed by atoms with Gasteiger partial charge in [0, 0.05) is 37.0 Å². The zero-order valence-electron chi connectivity index (χ0n) is 16.3. The van der Waals surface area contributed by atoms with Gasteiger partial charge in [-0.25, -0.2) is 0 Å². The number of benzene rings is 1. The fraction of sp³-hybridized carbons (Fsp3) is 0.350. The van der Waals surface area contributed by atoms with Gasteiger partial charge in [-0.05, 0) is 42.0 Å². The van der Waals surface area contributed by atoms with Gasteiger partial charge in [0.25, 0.3) is 0 Å². The van der Waals surface area contributed by atoms with Gasteiger partial charge in [0.15, 0.2) is 24.0 Å². The largest absolute Gasteiger partial charge is 0.493 e. The number of rotatable bonds is 5. The highest BCUT2D eigenvalue weighted by atomic mass is 32.1. The van der Waals surface area contributed by atoms with E-state index in [-0.39, 0.29) is 0 Å². The number of hydrogen-bond donors (Lipinski definition) is 1. The summed E-state index contributed by atoms with van der Waals surface area (Å²) < 4.78 is 15.5. The number of aromatic nitrogens is 4. The molecule has 1 aliphatic rings. The molecule has 8 heteroatoms. The van der Waals surface area contributed by atoms with Crippen LogP contribution in [0, 0.1) is 4.77 Å². The Kier molecular flexibility index (Phi) is 5.15. The predicted molar refractivity (Wildman–Crippen MR) is 108 cm³/mol. The summed E-state index contributed by atoms with van der Waals surface area (Å²) in [7, 11) is 5.30. The maximum Gasteiger partial charge on any atom is 0.202 e. The van der Waals surface area contributed by atoms with E-state index in [0.29, 0.717) is 0 Å². The third-order valence-corrected chi connectivity index (χ3v) is 5.73. The lowest BCUT2D eigenvalue weighted by molar-refractivity contribution is -0.939. The molecule has 1 aromatic carbocycles. The van der Waals surface area contributed by atoms with E-state index in [1.807, 2.05) is 28.4 Å². The number of hydrogen-bond acceptors (Lipinski definition) is 5. The van der Waals surface area contributed by atoms with Crippen molar-refractivity contribution in [2.45, 2.75) is 19.6 Å². The van der Waals surface area contributed by atoms with Crippen molar-refractivity contribution in [2.75, 3.05) is 20.8 Å². The normalized spacial score (nSPS) is 15.9. The third kappa shape index (κ3) is 3.41. The maximum absolute atomic E-state index is 5.63. The molecule has 0 radical (unpaired) electrons. The highest BCUT2D eigenvalue weighted by molar-refractivity contribution is 7.71. The molecule has 7 nitrogen and oxygen atoms in total. The second-order valence-electron chi connectivity index (χ2n) is 6.96. The SMILES string of the molecule is COc1cc2c(cc1OC)C[NH+](Cn1nc(-c3ccncc3)n(C)c1=S)CC2. The van der Waals surface area contributed by atoms with Crippen LogP contribution in [-0.2, 0) is 26.7 Å². The van der Waals surface area contributed by atoms with Crippen molar-refractivity contribution >= 4 is 12.2 Å². The van der Waals surface area contributed by atoms with Crippen LogP contribution in [0.4, 0.5) is 0 Å². The first-order valence-electron chi connectivity index (χ1n) is 9.22. The van der Waals surface area contributed by atoms with Gasteiger partial charge in [0.05, 0.1) is 20.8 Å². The molecule has 2 aromatic heterocycles. The summed E-state index contributed by atoms with van der Waals surface area (Å²) in [5, 5.41) is 4.77. The number of quaternary nitrogens is 1. The summed E-state index contributed by atoms with van der Waals surface area (Å²) in [5.41, 5.74) is 3.62. The molecule has 146 valence electrons. The Labute approximate surface area is 169 Å². The van der Waals surface area contributed by atoms with Gasteiger partial charge in [-0.3, -0.25) is 4.98 Å². The minimum atomic E-state index is 0.720. The van der Waals surface area contributed by atoms with Crippen molar-refractivity contribution in [2.24, 2.45) is 7.05 Å². The highest BCUT2D eigenvalue weighted by Crippen LogP contribution is 2.31. The average Bonchev–Trinajstić information content (AvgIpc) is 3.01. The van der Waals surface area contributed by atoms with Crippen LogP contribution in [0.15, 0.2) is 36.7 Å². The molecule has 1 unspecified atom stereocenters. The fourth-order valence-corrected chi connectivity index (χ4v) is 3.91. The van der Waals surface area contributed by atoms with E-state index in [1.165, 1.54) is 16.0 Å². The standard InChI is InChI=1S/C20H23N5O2S/c1-23-19(14-4-7-21-8-5-14)22-25(20(23)28)13-24-9-6-15-10-17(26-2)18(27-3)11-16(15)12-24/h4-5,7-8,10-11H,6,9,12-13H2,1-3H3/p+1. The Morgan fingerprint density at radius 2 is 1.79 bits per heavy atom. The molecule has 0 amide bonds. The van der Waals surface area contributed by atoms with E-state index < -0.39 is 0 Å². The fourth-order valence-electron chi connectivity index (χ4n) is 3.72. The van der Waals surface area contributed by atoms with E-state index in [1.54, 1.807) is 26.6 Å². The maximum atomic E-state index is 5.63. The van der Waals surface area contributed by atoms with Gasteiger partial charge in [-0.1, -0.05) is 0 Å². The van der Waals surface area contributed by atoms with Crippen LogP contribution >= 0.6 is 12.2 Å². The number of methoxy groups -OCH3 is 2. The van der Waals surface area contributed by atoms with Gasteiger partial charge in [0.1, 0.15) is 6.54 Å². The lowest BCUT2D eigenvalue weighted by Gasteiger charge is -2.26. The van der Waals surface area contributed by atoms with Crippen LogP contribution in [0.5, 0.6) is 11.5 Å². The Morgan fingerprint density at radius 3 is 2.46 bits per heavy atom. The van der Waals surface area contributed by atoms with Crippen LogP contribution in [0.1, 0.15) is 11.1 Å². The number of nitrogens with zero attached hydrogens (tertiary/aromatic N) is 4. The van der Waals surface area contributed by atoms with E-state index in [4.69, 9.17) is 26.8 Å². The topological polar surface area (TPSA) is 58.5 Å². The van der Waals surface area contributed by atoms with E-state index in [9.17, 15) is 0 Å². The second kappa shape index (κ2) is 7.73. The molecular formula is C20H24N5O2S+. The molecule has 3 aromatic rings. The minimum absolute atomic E-state index is 0.720. The quantitative estimate of drug-likeness (QED) is 0.662. The molecule has 0 fully saturated rings. The molecule has 1 atom stereocenters. The second-order valence-corrected chi connectivity index (χ2v) is 7.33. The zero-order valence-corrected chi connectivity index (χ0v) is 17.1. The summed E-state index contributed by atoms with van der Waals surface area (Å²) >= 11 is 5.63. The molecule has 0 saturated heterocycles. The van der Waals surface area contributed by atoms with Gasteiger partial charge in [0.2, 0.25) is 4.77 Å². The Morgan fingerprint density at radius 1 is 1.11 bits per heavy atom. The molecule has 0 bridgehead atoms. The van der Waals surface area contributed by atoms with E-state index >= 15 is 0 Å². The molecular weight excluding hydrogens is 374 g/mol. The lowest BCUT2D eigenvalue weighted by Crippen LogP contribution is -3.11. The molecule has 1 aliphatic heterocycles. The smallest absolute Gasteiger partial charge is 0.202 e. The van der Waals surface area contributed by atoms with Crippen molar-refractivity contribution in [3.05, 3.63) is 52.6 Å². The summed E-state index contributed by atoms with van der Waals surface area (Å²) in [6.07, 6.45) is 4.53.